The van der Waals surface area contributed by atoms with Crippen molar-refractivity contribution in [2.75, 3.05) is 20.6 Å². The minimum atomic E-state index is 0.373. The average Bonchev–Trinajstić information content (AvgIpc) is 2.91. The Hall–Kier alpha value is -2.26. The maximum atomic E-state index is 9.78. The molecule has 0 fully saturated rings. The zero-order valence-electron chi connectivity index (χ0n) is 13.6. The Morgan fingerprint density at radius 1 is 1.00 bits per heavy atom. The van der Waals surface area contributed by atoms with E-state index >= 15 is 0 Å². The van der Waals surface area contributed by atoms with Gasteiger partial charge >= 0.3 is 0 Å². The molecular formula is C19H25N2O+. The molecule has 0 unspecified atom stereocenters. The van der Waals surface area contributed by atoms with Gasteiger partial charge in [0.2, 0.25) is 0 Å². The molecule has 0 saturated heterocycles. The Bertz CT molecular complexity index is 702. The van der Waals surface area contributed by atoms with E-state index in [2.05, 4.69) is 38.1 Å². The standard InChI is InChI=1S/C12H16N2O.C7H8/c1-14(2)7-6-9-8-13-10-4-3-5-11(15)12(9)10;1-7-5-3-2-4-6-7/h3-5,8,13,15H,6-7H2,1-2H3;2-6H,1H3/p+1. The van der Waals surface area contributed by atoms with Crippen LogP contribution in [0.2, 0.25) is 0 Å². The molecule has 22 heavy (non-hydrogen) atoms. The Morgan fingerprint density at radius 2 is 1.73 bits per heavy atom. The van der Waals surface area contributed by atoms with Crippen LogP contribution in [0.15, 0.2) is 54.7 Å². The molecule has 0 aliphatic carbocycles. The molecule has 0 aliphatic heterocycles. The summed E-state index contributed by atoms with van der Waals surface area (Å²) >= 11 is 0. The lowest BCUT2D eigenvalue weighted by molar-refractivity contribution is -0.858. The van der Waals surface area contributed by atoms with Crippen molar-refractivity contribution in [2.45, 2.75) is 13.3 Å². The second-order valence-corrected chi connectivity index (χ2v) is 5.88. The minimum absolute atomic E-state index is 0.373. The Morgan fingerprint density at radius 3 is 2.32 bits per heavy atom. The topological polar surface area (TPSA) is 40.5 Å². The van der Waals surface area contributed by atoms with E-state index in [4.69, 9.17) is 0 Å². The van der Waals surface area contributed by atoms with Gasteiger partial charge in [0.1, 0.15) is 5.75 Å². The number of phenols is 1. The SMILES string of the molecule is C[NH+](C)CCc1c[nH]c2cccc(O)c12.Cc1ccccc1. The van der Waals surface area contributed by atoms with Crippen molar-refractivity contribution in [3.05, 3.63) is 65.9 Å². The third-order valence-corrected chi connectivity index (χ3v) is 3.60. The number of fused-ring (bicyclic) bond motifs is 1. The van der Waals surface area contributed by atoms with Crippen molar-refractivity contribution in [2.24, 2.45) is 0 Å². The van der Waals surface area contributed by atoms with Gasteiger partial charge in [-0.05, 0) is 24.6 Å². The van der Waals surface area contributed by atoms with Gasteiger partial charge in [-0.2, -0.15) is 0 Å². The quantitative estimate of drug-likeness (QED) is 0.683. The lowest BCUT2D eigenvalue weighted by Crippen LogP contribution is -3.05. The normalized spacial score (nSPS) is 10.5. The van der Waals surface area contributed by atoms with Crippen LogP contribution in [0.1, 0.15) is 11.1 Å². The number of H-pyrrole nitrogens is 1. The first-order valence-corrected chi connectivity index (χ1v) is 7.66. The number of hydrogen-bond acceptors (Lipinski definition) is 1. The average molecular weight is 297 g/mol. The van der Waals surface area contributed by atoms with Gasteiger partial charge in [0.15, 0.2) is 0 Å². The number of aromatic amines is 1. The van der Waals surface area contributed by atoms with Crippen LogP contribution in [0.4, 0.5) is 0 Å². The molecular weight excluding hydrogens is 272 g/mol. The fourth-order valence-corrected chi connectivity index (χ4v) is 2.35. The van der Waals surface area contributed by atoms with E-state index in [1.165, 1.54) is 16.0 Å². The molecule has 1 aromatic heterocycles. The van der Waals surface area contributed by atoms with E-state index < -0.39 is 0 Å². The van der Waals surface area contributed by atoms with E-state index in [0.29, 0.717) is 5.75 Å². The van der Waals surface area contributed by atoms with E-state index in [1.807, 2.05) is 36.5 Å². The molecule has 3 nitrogen and oxygen atoms in total. The first kappa shape index (κ1) is 16.1. The van der Waals surface area contributed by atoms with Gasteiger partial charge in [0, 0.05) is 23.5 Å². The molecule has 0 atom stereocenters. The fourth-order valence-electron chi connectivity index (χ4n) is 2.35. The fraction of sp³-hybridized carbons (Fsp3) is 0.263. The summed E-state index contributed by atoms with van der Waals surface area (Å²) in [6, 6.07) is 15.8. The maximum Gasteiger partial charge on any atom is 0.125 e. The van der Waals surface area contributed by atoms with Gasteiger partial charge in [-0.15, -0.1) is 0 Å². The van der Waals surface area contributed by atoms with Crippen LogP contribution < -0.4 is 4.90 Å². The van der Waals surface area contributed by atoms with Crippen LogP contribution in [0, 0.1) is 6.92 Å². The largest absolute Gasteiger partial charge is 0.507 e. The van der Waals surface area contributed by atoms with Crippen molar-refractivity contribution < 1.29 is 10.0 Å². The number of likely N-dealkylation sites (N-methyl/N-ethyl adjacent to an activating group) is 1. The van der Waals surface area contributed by atoms with Crippen LogP contribution in [0.3, 0.4) is 0 Å². The summed E-state index contributed by atoms with van der Waals surface area (Å²) in [5.41, 5.74) is 3.53. The van der Waals surface area contributed by atoms with E-state index in [1.54, 1.807) is 6.07 Å². The van der Waals surface area contributed by atoms with Crippen molar-refractivity contribution >= 4 is 10.9 Å². The Kier molecular flexibility index (Phi) is 5.61. The van der Waals surface area contributed by atoms with Crippen molar-refractivity contribution in [3.63, 3.8) is 0 Å². The monoisotopic (exact) mass is 297 g/mol. The van der Waals surface area contributed by atoms with E-state index in [-0.39, 0.29) is 0 Å². The maximum absolute atomic E-state index is 9.78. The number of quaternary nitrogens is 1. The van der Waals surface area contributed by atoms with Gasteiger partial charge in [-0.1, -0.05) is 42.0 Å². The van der Waals surface area contributed by atoms with Crippen molar-refractivity contribution in [3.8, 4) is 5.75 Å². The number of hydrogen-bond donors (Lipinski definition) is 3. The predicted molar refractivity (Wildman–Crippen MR) is 92.5 cm³/mol. The van der Waals surface area contributed by atoms with Crippen LogP contribution >= 0.6 is 0 Å². The smallest absolute Gasteiger partial charge is 0.125 e. The van der Waals surface area contributed by atoms with Crippen LogP contribution in [-0.2, 0) is 6.42 Å². The molecule has 0 bridgehead atoms. The zero-order valence-corrected chi connectivity index (χ0v) is 13.6. The van der Waals surface area contributed by atoms with Crippen LogP contribution in [-0.4, -0.2) is 30.7 Å². The summed E-state index contributed by atoms with van der Waals surface area (Å²) in [4.78, 5) is 4.60. The molecule has 1 heterocycles. The lowest BCUT2D eigenvalue weighted by Gasteiger charge is -2.06. The highest BCUT2D eigenvalue weighted by atomic mass is 16.3. The number of aromatic hydroxyl groups is 1. The summed E-state index contributed by atoms with van der Waals surface area (Å²) in [5.74, 6) is 0.373. The second-order valence-electron chi connectivity index (χ2n) is 5.88. The number of aryl methyl sites for hydroxylation is 1. The second kappa shape index (κ2) is 7.66. The Balaban J connectivity index is 0.000000211. The summed E-state index contributed by atoms with van der Waals surface area (Å²) in [6.45, 7) is 3.15. The van der Waals surface area contributed by atoms with Crippen LogP contribution in [0.5, 0.6) is 5.75 Å². The first-order chi connectivity index (χ1) is 10.6. The van der Waals surface area contributed by atoms with Crippen molar-refractivity contribution in [1.82, 2.24) is 4.98 Å². The molecule has 0 aliphatic rings. The van der Waals surface area contributed by atoms with Gasteiger partial charge in [0.25, 0.3) is 0 Å². The summed E-state index contributed by atoms with van der Waals surface area (Å²) < 4.78 is 0. The molecule has 116 valence electrons. The van der Waals surface area contributed by atoms with Gasteiger partial charge in [0.05, 0.1) is 20.6 Å². The molecule has 3 heteroatoms. The first-order valence-electron chi connectivity index (χ1n) is 7.66. The lowest BCUT2D eigenvalue weighted by atomic mass is 10.1. The summed E-state index contributed by atoms with van der Waals surface area (Å²) in [6.07, 6.45) is 2.98. The summed E-state index contributed by atoms with van der Waals surface area (Å²) in [7, 11) is 4.27. The molecule has 0 amide bonds. The Labute approximate surface area is 132 Å². The highest BCUT2D eigenvalue weighted by molar-refractivity contribution is 5.88. The number of aromatic nitrogens is 1. The molecule has 3 N–H and O–H groups in total. The predicted octanol–water partition coefficient (Wildman–Crippen LogP) is 2.56. The highest BCUT2D eigenvalue weighted by Crippen LogP contribution is 2.27. The number of benzene rings is 2. The summed E-state index contributed by atoms with van der Waals surface area (Å²) in [5, 5.41) is 10.8. The molecule has 0 saturated carbocycles. The molecule has 3 aromatic rings. The molecule has 2 aromatic carbocycles. The molecule has 3 rings (SSSR count). The van der Waals surface area contributed by atoms with Crippen molar-refractivity contribution in [1.29, 1.82) is 0 Å². The molecule has 0 radical (unpaired) electrons. The van der Waals surface area contributed by atoms with Gasteiger partial charge in [-0.3, -0.25) is 0 Å². The minimum Gasteiger partial charge on any atom is -0.507 e. The van der Waals surface area contributed by atoms with E-state index in [0.717, 1.165) is 23.9 Å². The van der Waals surface area contributed by atoms with Gasteiger partial charge < -0.3 is 15.0 Å². The molecule has 0 spiro atoms. The zero-order chi connectivity index (χ0) is 15.9. The third-order valence-electron chi connectivity index (χ3n) is 3.60. The van der Waals surface area contributed by atoms with Gasteiger partial charge in [-0.25, -0.2) is 0 Å². The number of phenolic OH excluding ortho intramolecular Hbond substituents is 1. The highest BCUT2D eigenvalue weighted by Gasteiger charge is 2.08. The van der Waals surface area contributed by atoms with E-state index in [9.17, 15) is 5.11 Å². The third kappa shape index (κ3) is 4.37. The van der Waals surface area contributed by atoms with Crippen LogP contribution in [0.25, 0.3) is 10.9 Å². The number of rotatable bonds is 3. The number of nitrogens with one attached hydrogen (secondary N) is 2.